The monoisotopic (exact) mass is 536 g/mol. The molecule has 12 nitrogen and oxygen atoms in total. The van der Waals surface area contributed by atoms with Crippen molar-refractivity contribution in [2.45, 2.75) is 52.4 Å². The first-order valence-electron chi connectivity index (χ1n) is 8.90. The summed E-state index contributed by atoms with van der Waals surface area (Å²) in [6, 6.07) is 0. The van der Waals surface area contributed by atoms with Crippen LogP contribution in [0.25, 0.3) is 0 Å². The molecule has 0 atom stereocenters. The van der Waals surface area contributed by atoms with Gasteiger partial charge in [0, 0.05) is 52.4 Å². The van der Waals surface area contributed by atoms with Crippen LogP contribution < -0.4 is 0 Å². The molecule has 6 aliphatic heterocycles. The van der Waals surface area contributed by atoms with Crippen molar-refractivity contribution in [1.29, 1.82) is 0 Å². The Labute approximate surface area is 172 Å². The highest BCUT2D eigenvalue weighted by atomic mass is 28.6. The maximum absolute atomic E-state index is 6.39. The molecule has 0 unspecified atom stereocenters. The van der Waals surface area contributed by atoms with Crippen LogP contribution in [0.15, 0.2) is 0 Å². The molecule has 8 bridgehead atoms. The molecule has 6 heterocycles. The Kier molecular flexibility index (Phi) is 4.22. The average molecular weight is 537 g/mol. The molecule has 0 aliphatic carbocycles. The molecule has 6 rings (SSSR count). The summed E-state index contributed by atoms with van der Waals surface area (Å²) in [6.07, 6.45) is 0. The number of hydrogen-bond acceptors (Lipinski definition) is 12. The van der Waals surface area contributed by atoms with Gasteiger partial charge in [0.2, 0.25) is 0 Å². The Morgan fingerprint density at radius 2 is 0.286 bits per heavy atom. The summed E-state index contributed by atoms with van der Waals surface area (Å²) >= 11 is 0. The molecule has 0 aromatic carbocycles. The molecule has 28 heavy (non-hydrogen) atoms. The van der Waals surface area contributed by atoms with Crippen molar-refractivity contribution < 1.29 is 49.4 Å². The molecule has 0 aromatic rings. The third kappa shape index (κ3) is 3.50. The summed E-state index contributed by atoms with van der Waals surface area (Å²) in [5.74, 6) is 0. The van der Waals surface area contributed by atoms with Crippen molar-refractivity contribution in [2.75, 3.05) is 0 Å². The van der Waals surface area contributed by atoms with E-state index in [1.165, 1.54) is 0 Å². The molecule has 6 fully saturated rings. The topological polar surface area (TPSA) is 111 Å². The Balaban J connectivity index is 1.77. The zero-order chi connectivity index (χ0) is 20.5. The number of hydrogen-bond donors (Lipinski definition) is 0. The largest absolute Gasteiger partial charge is 0.475 e. The lowest BCUT2D eigenvalue weighted by Crippen LogP contribution is -2.86. The number of rotatable bonds is 0. The van der Waals surface area contributed by atoms with Crippen molar-refractivity contribution >= 4 is 70.4 Å². The fourth-order valence-corrected chi connectivity index (χ4v) is 49.9. The third-order valence-electron chi connectivity index (χ3n) is 4.45. The van der Waals surface area contributed by atoms with Crippen molar-refractivity contribution in [3.63, 3.8) is 0 Å². The van der Waals surface area contributed by atoms with Gasteiger partial charge in [0.1, 0.15) is 0 Å². The molecule has 0 saturated carbocycles. The summed E-state index contributed by atoms with van der Waals surface area (Å²) in [7, 11) is -26.6. The summed E-state index contributed by atoms with van der Waals surface area (Å²) < 4.78 is 76.0. The van der Waals surface area contributed by atoms with Gasteiger partial charge in [-0.1, -0.05) is 0 Å². The van der Waals surface area contributed by atoms with Gasteiger partial charge in [-0.15, -0.1) is 0 Å². The fraction of sp³-hybridized carbons (Fsp3) is 1.00. The van der Waals surface area contributed by atoms with Gasteiger partial charge in [0.15, 0.2) is 0 Å². The van der Waals surface area contributed by atoms with Crippen molar-refractivity contribution in [2.24, 2.45) is 0 Å². The zero-order valence-electron chi connectivity index (χ0n) is 16.9. The van der Waals surface area contributed by atoms with Gasteiger partial charge in [-0.3, -0.25) is 0 Å². The van der Waals surface area contributed by atoms with Crippen molar-refractivity contribution in [3.05, 3.63) is 0 Å². The molecular weight excluding hydrogens is 513 g/mol. The van der Waals surface area contributed by atoms with Gasteiger partial charge in [0.25, 0.3) is 0 Å². The van der Waals surface area contributed by atoms with Crippen LogP contribution >= 0.6 is 0 Å². The predicted molar refractivity (Wildman–Crippen MR) is 106 cm³/mol. The molecule has 160 valence electrons. The van der Waals surface area contributed by atoms with Crippen LogP contribution in [0.2, 0.25) is 52.4 Å². The van der Waals surface area contributed by atoms with E-state index in [1.54, 1.807) is 52.4 Å². The molecule has 6 aliphatic rings. The van der Waals surface area contributed by atoms with Crippen LogP contribution in [0, 0.1) is 0 Å². The Morgan fingerprint density at radius 3 is 0.357 bits per heavy atom. The van der Waals surface area contributed by atoms with E-state index in [1.807, 2.05) is 0 Å². The van der Waals surface area contributed by atoms with Crippen LogP contribution in [0.4, 0.5) is 0 Å². The molecule has 0 amide bonds. The van der Waals surface area contributed by atoms with E-state index in [-0.39, 0.29) is 0 Å². The molecule has 20 heteroatoms. The summed E-state index contributed by atoms with van der Waals surface area (Å²) in [5, 5.41) is 0. The lowest BCUT2D eigenvalue weighted by molar-refractivity contribution is -0.0174. The van der Waals surface area contributed by atoms with Gasteiger partial charge in [-0.05, 0) is 0 Å². The Bertz CT molecular complexity index is 635. The molecular formula is C8H24O12Si8. The van der Waals surface area contributed by atoms with Crippen LogP contribution in [0.1, 0.15) is 0 Å². The van der Waals surface area contributed by atoms with Gasteiger partial charge in [-0.25, -0.2) is 0 Å². The fourth-order valence-electron chi connectivity index (χ4n) is 4.54. The minimum atomic E-state index is -3.41. The first-order valence-corrected chi connectivity index (χ1v) is 26.7. The van der Waals surface area contributed by atoms with Gasteiger partial charge in [-0.2, -0.15) is 0 Å². The van der Waals surface area contributed by atoms with Gasteiger partial charge in [0.05, 0.1) is 0 Å². The maximum Gasteiger partial charge on any atom is 0.475 e. The highest BCUT2D eigenvalue weighted by Crippen LogP contribution is 2.47. The summed E-state index contributed by atoms with van der Waals surface area (Å²) in [6.45, 7) is 14.2. The van der Waals surface area contributed by atoms with Crippen LogP contribution in [-0.4, -0.2) is 70.4 Å². The van der Waals surface area contributed by atoms with E-state index in [4.69, 9.17) is 49.4 Å². The quantitative estimate of drug-likeness (QED) is 0.408. The van der Waals surface area contributed by atoms with Gasteiger partial charge >= 0.3 is 70.4 Å². The highest BCUT2D eigenvalue weighted by Gasteiger charge is 2.78. The Hall–Kier alpha value is 1.26. The molecule has 0 aromatic heterocycles. The SMILES string of the molecule is C[Si]12O[Si]3(C)O[Si](C)(O1)O[Si]1(C)O[Si]4(C)O[Si](C)(O1)O[Si](C)(O3)O[Si](C)(O2)O4. The Morgan fingerprint density at radius 1 is 0.214 bits per heavy atom. The van der Waals surface area contributed by atoms with E-state index in [2.05, 4.69) is 0 Å². The predicted octanol–water partition coefficient (Wildman–Crippen LogP) is 0.803. The average Bonchev–Trinajstić information content (AvgIpc) is 2.22. The zero-order valence-corrected chi connectivity index (χ0v) is 24.9. The lowest BCUT2D eigenvalue weighted by Gasteiger charge is -2.60. The van der Waals surface area contributed by atoms with E-state index < -0.39 is 70.4 Å². The minimum Gasteiger partial charge on any atom is -0.374 e. The van der Waals surface area contributed by atoms with Crippen LogP contribution in [-0.2, 0) is 49.4 Å². The van der Waals surface area contributed by atoms with E-state index >= 15 is 0 Å². The summed E-state index contributed by atoms with van der Waals surface area (Å²) in [4.78, 5) is 0. The third-order valence-corrected chi connectivity index (χ3v) is 40.0. The standard InChI is InChI=1S/C8H24O12Si8/c1-21-9-22(2)12-25(5,11-21)19-26(6)13-23(3)10-24(4,14-26)18-28(8,16-22)20-27(7,15-21)17-23/h1-8H3. The van der Waals surface area contributed by atoms with Crippen molar-refractivity contribution in [1.82, 2.24) is 0 Å². The minimum absolute atomic E-state index is 1.76. The van der Waals surface area contributed by atoms with E-state index in [0.29, 0.717) is 0 Å². The van der Waals surface area contributed by atoms with Gasteiger partial charge < -0.3 is 49.4 Å². The normalized spacial score (nSPS) is 66.0. The summed E-state index contributed by atoms with van der Waals surface area (Å²) in [5.41, 5.74) is 0. The smallest absolute Gasteiger partial charge is 0.374 e. The highest BCUT2D eigenvalue weighted by molar-refractivity contribution is 7.02. The molecule has 0 spiro atoms. The van der Waals surface area contributed by atoms with E-state index in [0.717, 1.165) is 0 Å². The lowest BCUT2D eigenvalue weighted by atomic mass is 11.9. The molecule has 0 radical (unpaired) electrons. The second-order valence-corrected chi connectivity index (χ2v) is 31.7. The van der Waals surface area contributed by atoms with Crippen LogP contribution in [0.3, 0.4) is 0 Å². The molecule has 6 saturated heterocycles. The van der Waals surface area contributed by atoms with Crippen LogP contribution in [0.5, 0.6) is 0 Å². The van der Waals surface area contributed by atoms with E-state index in [9.17, 15) is 0 Å². The second kappa shape index (κ2) is 5.59. The van der Waals surface area contributed by atoms with Crippen molar-refractivity contribution in [3.8, 4) is 0 Å². The first kappa shape index (κ1) is 21.1. The maximum atomic E-state index is 6.39. The first-order chi connectivity index (χ1) is 12.5. The molecule has 0 N–H and O–H groups in total. The second-order valence-electron chi connectivity index (χ2n) is 8.12.